The number of imide groups is 1. The van der Waals surface area contributed by atoms with Gasteiger partial charge in [-0.05, 0) is 75.7 Å². The number of amides is 3. The van der Waals surface area contributed by atoms with Crippen molar-refractivity contribution in [2.75, 3.05) is 4.90 Å². The van der Waals surface area contributed by atoms with Gasteiger partial charge in [0.25, 0.3) is 17.5 Å². The molecule has 1 fully saturated rings. The summed E-state index contributed by atoms with van der Waals surface area (Å²) >= 11 is 1.57. The monoisotopic (exact) mass is 542 g/mol. The number of nitro groups is 1. The highest BCUT2D eigenvalue weighted by Crippen LogP contribution is 2.34. The average molecular weight is 543 g/mol. The molecule has 1 atom stereocenters. The van der Waals surface area contributed by atoms with Crippen LogP contribution in [0.4, 0.5) is 11.4 Å². The number of rotatable bonds is 5. The van der Waals surface area contributed by atoms with E-state index in [0.29, 0.717) is 5.69 Å². The highest BCUT2D eigenvalue weighted by Gasteiger charge is 2.47. The van der Waals surface area contributed by atoms with Crippen LogP contribution in [0.3, 0.4) is 0 Å². The number of carbonyl (C=O) groups is 3. The lowest BCUT2D eigenvalue weighted by Gasteiger charge is -2.39. The molecule has 3 amide bonds. The van der Waals surface area contributed by atoms with Crippen LogP contribution in [0.25, 0.3) is 20.8 Å². The van der Waals surface area contributed by atoms with E-state index in [9.17, 15) is 24.5 Å². The molecule has 1 saturated heterocycles. The van der Waals surface area contributed by atoms with Crippen LogP contribution in [0.1, 0.15) is 43.1 Å². The minimum absolute atomic E-state index is 0.0770. The second-order valence-corrected chi connectivity index (χ2v) is 11.5. The smallest absolute Gasteiger partial charge is 0.270 e. The molecule has 1 unspecified atom stereocenters. The molecule has 0 radical (unpaired) electrons. The molecule has 9 nitrogen and oxygen atoms in total. The molecule has 0 aliphatic carbocycles. The number of nitrogens with zero attached hydrogens (tertiary/aromatic N) is 4. The predicted octanol–water partition coefficient (Wildman–Crippen LogP) is 5.75. The number of non-ortho nitro benzene ring substituents is 1. The summed E-state index contributed by atoms with van der Waals surface area (Å²) in [4.78, 5) is 58.1. The summed E-state index contributed by atoms with van der Waals surface area (Å²) in [7, 11) is 0. The molecule has 1 aromatic heterocycles. The Morgan fingerprint density at radius 1 is 1.08 bits per heavy atom. The molecule has 1 aliphatic rings. The van der Waals surface area contributed by atoms with Gasteiger partial charge in [0.2, 0.25) is 5.91 Å². The summed E-state index contributed by atoms with van der Waals surface area (Å²) in [5.41, 5.74) is 2.35. The van der Waals surface area contributed by atoms with Gasteiger partial charge in [-0.25, -0.2) is 9.88 Å². The van der Waals surface area contributed by atoms with Gasteiger partial charge in [-0.15, -0.1) is 11.3 Å². The first-order chi connectivity index (χ1) is 18.4. The molecule has 0 N–H and O–H groups in total. The third kappa shape index (κ3) is 4.90. The molecule has 2 heterocycles. The first-order valence-electron chi connectivity index (χ1n) is 12.4. The molecule has 198 valence electrons. The maximum Gasteiger partial charge on any atom is 0.270 e. The topological polar surface area (TPSA) is 114 Å². The number of fused-ring (bicyclic) bond motifs is 1. The van der Waals surface area contributed by atoms with Crippen molar-refractivity contribution in [3.63, 3.8) is 0 Å². The zero-order chi connectivity index (χ0) is 28.1. The number of aromatic nitrogens is 1. The average Bonchev–Trinajstić information content (AvgIpc) is 3.43. The van der Waals surface area contributed by atoms with Crippen LogP contribution in [-0.4, -0.2) is 44.1 Å². The summed E-state index contributed by atoms with van der Waals surface area (Å²) in [6.07, 6.45) is -0.185. The Hall–Kier alpha value is -4.44. The van der Waals surface area contributed by atoms with Crippen LogP contribution in [0.5, 0.6) is 0 Å². The summed E-state index contributed by atoms with van der Waals surface area (Å²) in [6, 6.07) is 17.5. The quantitative estimate of drug-likeness (QED) is 0.180. The summed E-state index contributed by atoms with van der Waals surface area (Å²) in [5.74, 6) is -1.49. The molecule has 0 saturated carbocycles. The Morgan fingerprint density at radius 3 is 2.46 bits per heavy atom. The lowest BCUT2D eigenvalue weighted by molar-refractivity contribution is -0.384. The van der Waals surface area contributed by atoms with Crippen LogP contribution < -0.4 is 4.90 Å². The fourth-order valence-electron chi connectivity index (χ4n) is 4.80. The van der Waals surface area contributed by atoms with E-state index in [1.54, 1.807) is 44.2 Å². The lowest BCUT2D eigenvalue weighted by Crippen LogP contribution is -2.54. The standard InChI is InChI=1S/C29H26N4O5S/c1-17-8-13-22-24(14-17)39-26(30-22)18-9-11-20(12-10-18)31-25(34)16-23(28(31)36)32(29(2,3)4)27(35)19-6-5-7-21(15-19)33(37)38/h5-15,23H,16H2,1-4H3. The van der Waals surface area contributed by atoms with Crippen molar-refractivity contribution in [3.05, 3.63) is 88.0 Å². The molecule has 4 aromatic rings. The Labute approximate surface area is 228 Å². The number of aryl methyl sites for hydroxylation is 1. The van der Waals surface area contributed by atoms with Gasteiger partial charge in [0.1, 0.15) is 11.0 Å². The number of thiazole rings is 1. The highest BCUT2D eigenvalue weighted by molar-refractivity contribution is 7.21. The van der Waals surface area contributed by atoms with Crippen LogP contribution in [0, 0.1) is 17.0 Å². The third-order valence-corrected chi connectivity index (χ3v) is 7.66. The van der Waals surface area contributed by atoms with E-state index < -0.39 is 34.2 Å². The van der Waals surface area contributed by atoms with Crippen molar-refractivity contribution in [3.8, 4) is 10.6 Å². The minimum atomic E-state index is -1.04. The molecular weight excluding hydrogens is 516 g/mol. The predicted molar refractivity (Wildman–Crippen MR) is 150 cm³/mol. The molecule has 0 spiro atoms. The van der Waals surface area contributed by atoms with E-state index in [2.05, 4.69) is 6.07 Å². The summed E-state index contributed by atoms with van der Waals surface area (Å²) in [6.45, 7) is 7.31. The first kappa shape index (κ1) is 26.2. The van der Waals surface area contributed by atoms with Gasteiger partial charge in [0, 0.05) is 28.8 Å². The minimum Gasteiger partial charge on any atom is -0.321 e. The van der Waals surface area contributed by atoms with E-state index in [-0.39, 0.29) is 17.7 Å². The molecule has 3 aromatic carbocycles. The Kier molecular flexibility index (Phi) is 6.51. The van der Waals surface area contributed by atoms with Crippen molar-refractivity contribution in [2.24, 2.45) is 0 Å². The van der Waals surface area contributed by atoms with Crippen LogP contribution in [-0.2, 0) is 9.59 Å². The second-order valence-electron chi connectivity index (χ2n) is 10.5. The van der Waals surface area contributed by atoms with Gasteiger partial charge >= 0.3 is 0 Å². The van der Waals surface area contributed by atoms with Gasteiger partial charge < -0.3 is 4.90 Å². The number of anilines is 1. The van der Waals surface area contributed by atoms with Crippen molar-refractivity contribution < 1.29 is 19.3 Å². The zero-order valence-electron chi connectivity index (χ0n) is 21.9. The highest BCUT2D eigenvalue weighted by atomic mass is 32.1. The van der Waals surface area contributed by atoms with Crippen molar-refractivity contribution in [2.45, 2.75) is 45.7 Å². The Bertz CT molecular complexity index is 1640. The van der Waals surface area contributed by atoms with Crippen LogP contribution >= 0.6 is 11.3 Å². The fourth-order valence-corrected chi connectivity index (χ4v) is 5.87. The Morgan fingerprint density at radius 2 is 1.79 bits per heavy atom. The van der Waals surface area contributed by atoms with Gasteiger partial charge in [-0.3, -0.25) is 24.5 Å². The number of nitro benzene ring substituents is 1. The van der Waals surface area contributed by atoms with E-state index >= 15 is 0 Å². The largest absolute Gasteiger partial charge is 0.321 e. The summed E-state index contributed by atoms with van der Waals surface area (Å²) < 4.78 is 1.08. The van der Waals surface area contributed by atoms with Crippen molar-refractivity contribution >= 4 is 50.6 Å². The maximum absolute atomic E-state index is 13.6. The van der Waals surface area contributed by atoms with Gasteiger partial charge in [0.15, 0.2) is 0 Å². The maximum atomic E-state index is 13.6. The van der Waals surface area contributed by atoms with Crippen LogP contribution in [0.2, 0.25) is 0 Å². The van der Waals surface area contributed by atoms with Crippen LogP contribution in [0.15, 0.2) is 66.7 Å². The number of hydrogen-bond donors (Lipinski definition) is 0. The van der Waals surface area contributed by atoms with E-state index in [1.165, 1.54) is 29.2 Å². The van der Waals surface area contributed by atoms with Crippen molar-refractivity contribution in [1.82, 2.24) is 9.88 Å². The number of carbonyl (C=O) groups excluding carboxylic acids is 3. The summed E-state index contributed by atoms with van der Waals surface area (Å²) in [5, 5.41) is 12.1. The SMILES string of the molecule is Cc1ccc2nc(-c3ccc(N4C(=O)CC(N(C(=O)c5cccc([N+](=O)[O-])c5)C(C)(C)C)C4=O)cc3)sc2c1. The first-order valence-corrected chi connectivity index (χ1v) is 13.2. The molecular formula is C29H26N4O5S. The zero-order valence-corrected chi connectivity index (χ0v) is 22.7. The van der Waals surface area contributed by atoms with E-state index in [0.717, 1.165) is 31.3 Å². The van der Waals surface area contributed by atoms with Gasteiger partial charge in [-0.2, -0.15) is 0 Å². The Balaban J connectivity index is 1.43. The molecule has 5 rings (SSSR count). The molecule has 39 heavy (non-hydrogen) atoms. The number of benzene rings is 3. The molecule has 0 bridgehead atoms. The fraction of sp³-hybridized carbons (Fsp3) is 0.241. The second kappa shape index (κ2) is 9.70. The molecule has 1 aliphatic heterocycles. The normalized spacial score (nSPS) is 15.7. The van der Waals surface area contributed by atoms with E-state index in [4.69, 9.17) is 4.98 Å². The number of hydrogen-bond acceptors (Lipinski definition) is 7. The third-order valence-electron chi connectivity index (χ3n) is 6.60. The van der Waals surface area contributed by atoms with Gasteiger partial charge in [0.05, 0.1) is 27.2 Å². The van der Waals surface area contributed by atoms with Crippen molar-refractivity contribution in [1.29, 1.82) is 0 Å². The lowest BCUT2D eigenvalue weighted by atomic mass is 9.99. The van der Waals surface area contributed by atoms with E-state index in [1.807, 2.05) is 31.2 Å². The van der Waals surface area contributed by atoms with Gasteiger partial charge in [-0.1, -0.05) is 12.1 Å². The molecule has 10 heteroatoms.